The molecule has 1 aromatic carbocycles. The zero-order chi connectivity index (χ0) is 11.9. The number of anilines is 1. The molecule has 3 rings (SSSR count). The number of rotatable bonds is 0. The van der Waals surface area contributed by atoms with E-state index < -0.39 is 11.8 Å². The number of carboxylic acid groups (broad SMARTS) is 1. The van der Waals surface area contributed by atoms with Gasteiger partial charge in [-0.1, -0.05) is 18.2 Å². The molecule has 88 valence electrons. The highest BCUT2D eigenvalue weighted by molar-refractivity contribution is 5.90. The molecule has 2 N–H and O–H groups in total. The fraction of sp³-hybridized carbons (Fsp3) is 0.333. The maximum Gasteiger partial charge on any atom is 0.407 e. The molecule has 5 nitrogen and oxygen atoms in total. The van der Waals surface area contributed by atoms with E-state index in [9.17, 15) is 4.79 Å². The average molecular weight is 231 g/mol. The minimum atomic E-state index is -0.877. The number of fused-ring (bicyclic) bond motifs is 1. The van der Waals surface area contributed by atoms with Gasteiger partial charge in [0, 0.05) is 30.4 Å². The molecule has 17 heavy (non-hydrogen) atoms. The van der Waals surface area contributed by atoms with E-state index in [0.717, 1.165) is 11.3 Å². The molecule has 1 fully saturated rings. The van der Waals surface area contributed by atoms with E-state index in [1.165, 1.54) is 4.90 Å². The Balaban J connectivity index is 1.88. The summed E-state index contributed by atoms with van der Waals surface area (Å²) in [5.74, 6) is 0. The lowest BCUT2D eigenvalue weighted by atomic mass is 10.0. The fourth-order valence-corrected chi connectivity index (χ4v) is 2.36. The van der Waals surface area contributed by atoms with Gasteiger partial charge in [0.25, 0.3) is 0 Å². The Labute approximate surface area is 98.8 Å². The number of benzene rings is 1. The second kappa shape index (κ2) is 3.48. The quantitative estimate of drug-likeness (QED) is 0.713. The summed E-state index contributed by atoms with van der Waals surface area (Å²) < 4.78 is 0. The third kappa shape index (κ3) is 1.63. The first-order valence-electron chi connectivity index (χ1n) is 5.59. The molecule has 0 aromatic heterocycles. The molecule has 1 amide bonds. The number of nitrogens with one attached hydrogen (secondary N) is 1. The van der Waals surface area contributed by atoms with E-state index in [-0.39, 0.29) is 0 Å². The molecule has 0 bridgehead atoms. The van der Waals surface area contributed by atoms with Crippen molar-refractivity contribution in [2.24, 2.45) is 4.99 Å². The Bertz CT molecular complexity index is 500. The van der Waals surface area contributed by atoms with Gasteiger partial charge in [0.2, 0.25) is 0 Å². The molecule has 1 atom stereocenters. The van der Waals surface area contributed by atoms with E-state index in [4.69, 9.17) is 5.11 Å². The number of hydrogen-bond acceptors (Lipinski definition) is 3. The highest BCUT2D eigenvalue weighted by Crippen LogP contribution is 2.31. The van der Waals surface area contributed by atoms with Gasteiger partial charge in [-0.3, -0.25) is 4.99 Å². The zero-order valence-electron chi connectivity index (χ0n) is 9.26. The summed E-state index contributed by atoms with van der Waals surface area (Å²) >= 11 is 0. The van der Waals surface area contributed by atoms with Crippen molar-refractivity contribution in [3.8, 4) is 0 Å². The summed E-state index contributed by atoms with van der Waals surface area (Å²) in [5, 5.41) is 12.3. The largest absolute Gasteiger partial charge is 0.465 e. The molecule has 1 unspecified atom stereocenters. The van der Waals surface area contributed by atoms with Crippen molar-refractivity contribution in [1.29, 1.82) is 0 Å². The highest BCUT2D eigenvalue weighted by Gasteiger charge is 2.41. The van der Waals surface area contributed by atoms with Crippen LogP contribution in [0.15, 0.2) is 29.3 Å². The van der Waals surface area contributed by atoms with Gasteiger partial charge in [-0.15, -0.1) is 0 Å². The lowest BCUT2D eigenvalue weighted by Gasteiger charge is -2.31. The molecule has 1 aromatic rings. The summed E-state index contributed by atoms with van der Waals surface area (Å²) in [7, 11) is 0. The molecule has 5 heteroatoms. The van der Waals surface area contributed by atoms with Crippen molar-refractivity contribution < 1.29 is 9.90 Å². The molecule has 2 aliphatic rings. The van der Waals surface area contributed by atoms with Gasteiger partial charge < -0.3 is 15.3 Å². The van der Waals surface area contributed by atoms with E-state index in [1.807, 2.05) is 30.5 Å². The smallest absolute Gasteiger partial charge is 0.407 e. The van der Waals surface area contributed by atoms with Crippen LogP contribution in [0.4, 0.5) is 10.5 Å². The Morgan fingerprint density at radius 2 is 2.29 bits per heavy atom. The Morgan fingerprint density at radius 3 is 3.06 bits per heavy atom. The number of aliphatic imine (C=N–C) groups is 1. The molecule has 2 heterocycles. The Morgan fingerprint density at radius 1 is 1.47 bits per heavy atom. The average Bonchev–Trinajstić information content (AvgIpc) is 2.73. The van der Waals surface area contributed by atoms with Crippen LogP contribution in [0.2, 0.25) is 0 Å². The van der Waals surface area contributed by atoms with E-state index in [2.05, 4.69) is 10.3 Å². The normalized spacial score (nSPS) is 25.8. The second-order valence-corrected chi connectivity index (χ2v) is 4.46. The minimum Gasteiger partial charge on any atom is -0.465 e. The summed E-state index contributed by atoms with van der Waals surface area (Å²) in [6.45, 7) is 0.939. The van der Waals surface area contributed by atoms with Crippen molar-refractivity contribution >= 4 is 18.0 Å². The summed E-state index contributed by atoms with van der Waals surface area (Å²) in [6.07, 6.45) is 1.67. The van der Waals surface area contributed by atoms with Crippen LogP contribution in [0.3, 0.4) is 0 Å². The number of nitrogens with zero attached hydrogens (tertiary/aromatic N) is 2. The molecule has 0 radical (unpaired) electrons. The predicted molar refractivity (Wildman–Crippen MR) is 64.6 cm³/mol. The SMILES string of the molecule is O=C(O)N1CCC2(C1)N=Cc1ccccc1N2. The second-order valence-electron chi connectivity index (χ2n) is 4.46. The first-order valence-corrected chi connectivity index (χ1v) is 5.59. The first kappa shape index (κ1) is 10.1. The molecular weight excluding hydrogens is 218 g/mol. The van der Waals surface area contributed by atoms with Crippen molar-refractivity contribution in [2.75, 3.05) is 18.4 Å². The number of likely N-dealkylation sites (tertiary alicyclic amines) is 1. The molecule has 0 saturated carbocycles. The predicted octanol–water partition coefficient (Wildman–Crippen LogP) is 1.61. The van der Waals surface area contributed by atoms with Crippen molar-refractivity contribution in [3.05, 3.63) is 29.8 Å². The van der Waals surface area contributed by atoms with Crippen molar-refractivity contribution in [1.82, 2.24) is 4.90 Å². The summed E-state index contributed by atoms with van der Waals surface area (Å²) in [6, 6.07) is 7.90. The molecule has 0 aliphatic carbocycles. The van der Waals surface area contributed by atoms with Crippen molar-refractivity contribution in [2.45, 2.75) is 12.1 Å². The topological polar surface area (TPSA) is 64.9 Å². The van der Waals surface area contributed by atoms with Crippen LogP contribution in [-0.2, 0) is 0 Å². The fourth-order valence-electron chi connectivity index (χ4n) is 2.36. The lowest BCUT2D eigenvalue weighted by Crippen LogP contribution is -2.42. The lowest BCUT2D eigenvalue weighted by molar-refractivity contribution is 0.153. The Kier molecular flexibility index (Phi) is 2.07. The number of amides is 1. The van der Waals surface area contributed by atoms with Gasteiger partial charge in [-0.25, -0.2) is 4.79 Å². The van der Waals surface area contributed by atoms with E-state index in [0.29, 0.717) is 19.5 Å². The van der Waals surface area contributed by atoms with Crippen LogP contribution in [0.5, 0.6) is 0 Å². The number of carbonyl (C=O) groups is 1. The van der Waals surface area contributed by atoms with Gasteiger partial charge in [0.15, 0.2) is 0 Å². The summed E-state index contributed by atoms with van der Waals surface area (Å²) in [5.41, 5.74) is 1.61. The number of para-hydroxylation sites is 1. The molecule has 1 saturated heterocycles. The zero-order valence-corrected chi connectivity index (χ0v) is 9.26. The molecular formula is C12H13N3O2. The Hall–Kier alpha value is -2.04. The third-order valence-electron chi connectivity index (χ3n) is 3.30. The van der Waals surface area contributed by atoms with Crippen LogP contribution in [0.1, 0.15) is 12.0 Å². The maximum atomic E-state index is 10.9. The first-order chi connectivity index (χ1) is 8.19. The van der Waals surface area contributed by atoms with Crippen LogP contribution in [-0.4, -0.2) is 41.1 Å². The standard InChI is InChI=1S/C12H13N3O2/c16-11(17)15-6-5-12(8-15)13-7-9-3-1-2-4-10(9)14-12/h1-4,7,14H,5-6,8H2,(H,16,17). The van der Waals surface area contributed by atoms with Gasteiger partial charge in [-0.2, -0.15) is 0 Å². The molecule has 2 aliphatic heterocycles. The van der Waals surface area contributed by atoms with Gasteiger partial charge in [0.05, 0.1) is 6.54 Å². The molecule has 1 spiro atoms. The highest BCUT2D eigenvalue weighted by atomic mass is 16.4. The minimum absolute atomic E-state index is 0.410. The third-order valence-corrected chi connectivity index (χ3v) is 3.30. The van der Waals surface area contributed by atoms with Crippen LogP contribution < -0.4 is 5.32 Å². The van der Waals surface area contributed by atoms with Gasteiger partial charge in [0.1, 0.15) is 5.66 Å². The monoisotopic (exact) mass is 231 g/mol. The van der Waals surface area contributed by atoms with Gasteiger partial charge >= 0.3 is 6.09 Å². The van der Waals surface area contributed by atoms with Crippen molar-refractivity contribution in [3.63, 3.8) is 0 Å². The maximum absolute atomic E-state index is 10.9. The van der Waals surface area contributed by atoms with Crippen LogP contribution >= 0.6 is 0 Å². The van der Waals surface area contributed by atoms with Crippen LogP contribution in [0.25, 0.3) is 0 Å². The van der Waals surface area contributed by atoms with E-state index >= 15 is 0 Å². The van der Waals surface area contributed by atoms with Gasteiger partial charge in [-0.05, 0) is 6.07 Å². The van der Waals surface area contributed by atoms with E-state index in [1.54, 1.807) is 0 Å². The van der Waals surface area contributed by atoms with Crippen LogP contribution in [0, 0.1) is 0 Å². The number of hydrogen-bond donors (Lipinski definition) is 2. The summed E-state index contributed by atoms with van der Waals surface area (Å²) in [4.78, 5) is 16.8.